The van der Waals surface area contributed by atoms with Gasteiger partial charge in [0.2, 0.25) is 5.91 Å². The van der Waals surface area contributed by atoms with Gasteiger partial charge < -0.3 is 10.6 Å². The van der Waals surface area contributed by atoms with Gasteiger partial charge in [-0.25, -0.2) is 0 Å². The van der Waals surface area contributed by atoms with Gasteiger partial charge in [0.25, 0.3) is 5.91 Å². The molecule has 3 unspecified atom stereocenters. The number of hydrogen-bond donors (Lipinski definition) is 2. The predicted octanol–water partition coefficient (Wildman–Crippen LogP) is 3.05. The second-order valence-corrected chi connectivity index (χ2v) is 7.71. The SMILES string of the molecule is Cc1cccc(C(=O)NC(C(=O)NC2C3CCCCC32)C(C)C)c1. The van der Waals surface area contributed by atoms with E-state index in [-0.39, 0.29) is 17.7 Å². The molecule has 2 N–H and O–H groups in total. The van der Waals surface area contributed by atoms with E-state index in [9.17, 15) is 9.59 Å². The third-order valence-corrected chi connectivity index (χ3v) is 5.48. The fourth-order valence-electron chi connectivity index (χ4n) is 4.01. The smallest absolute Gasteiger partial charge is 0.251 e. The Hall–Kier alpha value is -1.84. The minimum Gasteiger partial charge on any atom is -0.351 e. The van der Waals surface area contributed by atoms with Crippen molar-refractivity contribution in [2.75, 3.05) is 0 Å². The van der Waals surface area contributed by atoms with Crippen LogP contribution in [0.4, 0.5) is 0 Å². The van der Waals surface area contributed by atoms with Gasteiger partial charge in [-0.2, -0.15) is 0 Å². The summed E-state index contributed by atoms with van der Waals surface area (Å²) < 4.78 is 0. The molecule has 2 aliphatic carbocycles. The van der Waals surface area contributed by atoms with Crippen molar-refractivity contribution in [1.29, 1.82) is 0 Å². The molecule has 2 saturated carbocycles. The van der Waals surface area contributed by atoms with Crippen molar-refractivity contribution >= 4 is 11.8 Å². The number of rotatable bonds is 5. The van der Waals surface area contributed by atoms with Gasteiger partial charge in [0.05, 0.1) is 0 Å². The van der Waals surface area contributed by atoms with E-state index >= 15 is 0 Å². The van der Waals surface area contributed by atoms with E-state index in [4.69, 9.17) is 0 Å². The number of fused-ring (bicyclic) bond motifs is 1. The molecule has 4 heteroatoms. The summed E-state index contributed by atoms with van der Waals surface area (Å²) in [5.41, 5.74) is 1.64. The van der Waals surface area contributed by atoms with Crippen molar-refractivity contribution in [2.45, 2.75) is 58.5 Å². The van der Waals surface area contributed by atoms with Crippen molar-refractivity contribution in [3.05, 3.63) is 35.4 Å². The van der Waals surface area contributed by atoms with Crippen molar-refractivity contribution in [1.82, 2.24) is 10.6 Å². The molecule has 2 aliphatic rings. The van der Waals surface area contributed by atoms with E-state index in [0.717, 1.165) is 5.56 Å². The number of aryl methyl sites for hydroxylation is 1. The lowest BCUT2D eigenvalue weighted by atomic mass is 10.0. The molecule has 0 spiro atoms. The van der Waals surface area contributed by atoms with Gasteiger partial charge in [-0.05, 0) is 49.7 Å². The Kier molecular flexibility index (Phi) is 4.93. The fraction of sp³-hybridized carbons (Fsp3) is 0.600. The summed E-state index contributed by atoms with van der Waals surface area (Å²) in [6.45, 7) is 5.90. The van der Waals surface area contributed by atoms with Crippen LogP contribution in [0.3, 0.4) is 0 Å². The Labute approximate surface area is 144 Å². The lowest BCUT2D eigenvalue weighted by Gasteiger charge is -2.22. The topological polar surface area (TPSA) is 58.2 Å². The molecule has 0 aromatic heterocycles. The molecule has 3 atom stereocenters. The molecule has 24 heavy (non-hydrogen) atoms. The maximum Gasteiger partial charge on any atom is 0.251 e. The van der Waals surface area contributed by atoms with Gasteiger partial charge in [-0.3, -0.25) is 9.59 Å². The van der Waals surface area contributed by atoms with Gasteiger partial charge in [-0.1, -0.05) is 44.4 Å². The Morgan fingerprint density at radius 3 is 2.38 bits per heavy atom. The molecule has 0 bridgehead atoms. The van der Waals surface area contributed by atoms with Gasteiger partial charge in [-0.15, -0.1) is 0 Å². The number of hydrogen-bond acceptors (Lipinski definition) is 2. The molecular weight excluding hydrogens is 300 g/mol. The maximum absolute atomic E-state index is 12.7. The summed E-state index contributed by atoms with van der Waals surface area (Å²) in [5.74, 6) is 1.18. The standard InChI is InChI=1S/C20H28N2O2/c1-12(2)17(21-19(23)14-8-6-7-13(3)11-14)20(24)22-18-15-9-4-5-10-16(15)18/h6-8,11-12,15-18H,4-5,9-10H2,1-3H3,(H,21,23)(H,22,24). The van der Waals surface area contributed by atoms with Crippen LogP contribution < -0.4 is 10.6 Å². The number of carbonyl (C=O) groups excluding carboxylic acids is 2. The van der Waals surface area contributed by atoms with Crippen LogP contribution in [0.25, 0.3) is 0 Å². The minimum atomic E-state index is -0.485. The third kappa shape index (κ3) is 3.63. The molecule has 3 rings (SSSR count). The minimum absolute atomic E-state index is 0.0367. The Morgan fingerprint density at radius 1 is 1.12 bits per heavy atom. The Balaban J connectivity index is 1.62. The quantitative estimate of drug-likeness (QED) is 0.873. The second kappa shape index (κ2) is 6.96. The first-order valence-electron chi connectivity index (χ1n) is 9.15. The van der Waals surface area contributed by atoms with E-state index in [0.29, 0.717) is 23.4 Å². The van der Waals surface area contributed by atoms with Gasteiger partial charge in [0.1, 0.15) is 6.04 Å². The number of amides is 2. The highest BCUT2D eigenvalue weighted by atomic mass is 16.2. The van der Waals surface area contributed by atoms with E-state index in [2.05, 4.69) is 10.6 Å². The van der Waals surface area contributed by atoms with Gasteiger partial charge >= 0.3 is 0 Å². The summed E-state index contributed by atoms with van der Waals surface area (Å²) in [7, 11) is 0. The lowest BCUT2D eigenvalue weighted by molar-refractivity contribution is -0.124. The van der Waals surface area contributed by atoms with Crippen LogP contribution >= 0.6 is 0 Å². The molecule has 1 aromatic carbocycles. The number of carbonyl (C=O) groups is 2. The summed E-state index contributed by atoms with van der Waals surface area (Å²) in [5, 5.41) is 6.12. The summed E-state index contributed by atoms with van der Waals surface area (Å²) in [6.07, 6.45) is 5.03. The third-order valence-electron chi connectivity index (χ3n) is 5.48. The number of benzene rings is 1. The lowest BCUT2D eigenvalue weighted by Crippen LogP contribution is -2.50. The highest BCUT2D eigenvalue weighted by Crippen LogP contribution is 2.49. The Bertz CT molecular complexity index is 614. The van der Waals surface area contributed by atoms with E-state index in [1.807, 2.05) is 39.0 Å². The largest absolute Gasteiger partial charge is 0.351 e. The fourth-order valence-corrected chi connectivity index (χ4v) is 4.01. The molecule has 0 heterocycles. The average molecular weight is 328 g/mol. The van der Waals surface area contributed by atoms with Crippen molar-refractivity contribution < 1.29 is 9.59 Å². The van der Waals surface area contributed by atoms with Crippen LogP contribution in [0.2, 0.25) is 0 Å². The zero-order valence-electron chi connectivity index (χ0n) is 14.8. The zero-order chi connectivity index (χ0) is 17.3. The van der Waals surface area contributed by atoms with Crippen molar-refractivity contribution in [3.63, 3.8) is 0 Å². The molecule has 0 saturated heterocycles. The predicted molar refractivity (Wildman–Crippen MR) is 94.6 cm³/mol. The van der Waals surface area contributed by atoms with Crippen molar-refractivity contribution in [3.8, 4) is 0 Å². The molecule has 0 aliphatic heterocycles. The van der Waals surface area contributed by atoms with Crippen LogP contribution in [0.15, 0.2) is 24.3 Å². The summed E-state index contributed by atoms with van der Waals surface area (Å²) in [4.78, 5) is 25.2. The van der Waals surface area contributed by atoms with E-state index in [1.165, 1.54) is 25.7 Å². The zero-order valence-corrected chi connectivity index (χ0v) is 14.8. The van der Waals surface area contributed by atoms with Crippen LogP contribution in [0.1, 0.15) is 55.5 Å². The number of nitrogens with one attached hydrogen (secondary N) is 2. The first kappa shape index (κ1) is 17.0. The first-order valence-corrected chi connectivity index (χ1v) is 9.15. The highest BCUT2D eigenvalue weighted by Gasteiger charge is 2.51. The van der Waals surface area contributed by atoms with Crippen LogP contribution in [-0.2, 0) is 4.79 Å². The first-order chi connectivity index (χ1) is 11.5. The van der Waals surface area contributed by atoms with Gasteiger partial charge in [0, 0.05) is 11.6 Å². The van der Waals surface area contributed by atoms with Crippen LogP contribution in [-0.4, -0.2) is 23.9 Å². The Morgan fingerprint density at radius 2 is 1.79 bits per heavy atom. The van der Waals surface area contributed by atoms with Gasteiger partial charge in [0.15, 0.2) is 0 Å². The van der Waals surface area contributed by atoms with Crippen LogP contribution in [0, 0.1) is 24.7 Å². The molecule has 1 aromatic rings. The van der Waals surface area contributed by atoms with Crippen LogP contribution in [0.5, 0.6) is 0 Å². The normalized spacial score (nSPS) is 26.4. The second-order valence-electron chi connectivity index (χ2n) is 7.71. The molecular formula is C20H28N2O2. The van der Waals surface area contributed by atoms with E-state index < -0.39 is 6.04 Å². The summed E-state index contributed by atoms with van der Waals surface area (Å²) in [6, 6.07) is 7.30. The van der Waals surface area contributed by atoms with E-state index in [1.54, 1.807) is 6.07 Å². The molecule has 2 amide bonds. The maximum atomic E-state index is 12.7. The molecule has 130 valence electrons. The molecule has 0 radical (unpaired) electrons. The summed E-state index contributed by atoms with van der Waals surface area (Å²) >= 11 is 0. The highest BCUT2D eigenvalue weighted by molar-refractivity contribution is 5.97. The average Bonchev–Trinajstić information content (AvgIpc) is 3.25. The molecule has 2 fully saturated rings. The molecule has 4 nitrogen and oxygen atoms in total. The van der Waals surface area contributed by atoms with Crippen molar-refractivity contribution in [2.24, 2.45) is 17.8 Å². The monoisotopic (exact) mass is 328 g/mol.